The predicted molar refractivity (Wildman–Crippen MR) is 51.3 cm³/mol. The molecule has 0 unspecified atom stereocenters. The number of hydrogen-bond donors (Lipinski definition) is 2. The minimum Gasteiger partial charge on any atom is -0.464 e. The van der Waals surface area contributed by atoms with Gasteiger partial charge in [0, 0.05) is 5.69 Å². The predicted octanol–water partition coefficient (Wildman–Crippen LogP) is 0.895. The van der Waals surface area contributed by atoms with Crippen molar-refractivity contribution in [1.29, 1.82) is 0 Å². The minimum absolute atomic E-state index is 0.134. The number of carbonyl (C=O) groups is 2. The highest BCUT2D eigenvalue weighted by molar-refractivity contribution is 6.06. The number of ketones is 1. The van der Waals surface area contributed by atoms with Crippen molar-refractivity contribution in [3.63, 3.8) is 0 Å². The van der Waals surface area contributed by atoms with Crippen molar-refractivity contribution in [2.45, 2.75) is 13.8 Å². The molecule has 0 aromatic carbocycles. The van der Waals surface area contributed by atoms with Crippen LogP contribution in [-0.2, 0) is 4.74 Å². The Bertz CT molecular complexity index is 393. The molecule has 0 spiro atoms. The number of aromatic amines is 1. The average molecular weight is 196 g/mol. The molecule has 1 rings (SSSR count). The van der Waals surface area contributed by atoms with Crippen LogP contribution in [0.2, 0.25) is 0 Å². The monoisotopic (exact) mass is 196 g/mol. The molecule has 0 bridgehead atoms. The smallest absolute Gasteiger partial charge is 0.356 e. The van der Waals surface area contributed by atoms with Crippen LogP contribution in [0.5, 0.6) is 0 Å². The summed E-state index contributed by atoms with van der Waals surface area (Å²) < 4.78 is 4.50. The van der Waals surface area contributed by atoms with Gasteiger partial charge in [0.05, 0.1) is 18.4 Å². The molecule has 5 nitrogen and oxygen atoms in total. The van der Waals surface area contributed by atoms with Gasteiger partial charge in [-0.05, 0) is 13.8 Å². The fraction of sp³-hybridized carbons (Fsp3) is 0.333. The van der Waals surface area contributed by atoms with E-state index in [1.807, 2.05) is 0 Å². The van der Waals surface area contributed by atoms with E-state index >= 15 is 0 Å². The van der Waals surface area contributed by atoms with Crippen LogP contribution in [-0.4, -0.2) is 23.8 Å². The Labute approximate surface area is 81.2 Å². The molecule has 0 atom stereocenters. The number of H-pyrrole nitrogens is 1. The number of aromatic nitrogens is 1. The van der Waals surface area contributed by atoms with Crippen molar-refractivity contribution < 1.29 is 14.3 Å². The molecular formula is C9H12N2O3. The first-order valence-electron chi connectivity index (χ1n) is 4.06. The third-order valence-corrected chi connectivity index (χ3v) is 1.97. The number of Topliss-reactive ketones (excluding diaryl/α,β-unsaturated/α-hetero) is 1. The van der Waals surface area contributed by atoms with E-state index in [2.05, 4.69) is 9.72 Å². The number of rotatable bonds is 2. The van der Waals surface area contributed by atoms with Crippen LogP contribution in [0.1, 0.15) is 33.5 Å². The lowest BCUT2D eigenvalue weighted by Gasteiger charge is -1.97. The quantitative estimate of drug-likeness (QED) is 0.543. The summed E-state index contributed by atoms with van der Waals surface area (Å²) in [4.78, 5) is 25.1. The zero-order valence-electron chi connectivity index (χ0n) is 8.30. The van der Waals surface area contributed by atoms with Crippen molar-refractivity contribution >= 4 is 17.4 Å². The number of nitrogens with two attached hydrogens (primary N) is 1. The number of carbonyl (C=O) groups excluding carboxylic acids is 2. The van der Waals surface area contributed by atoms with Crippen LogP contribution in [0.15, 0.2) is 0 Å². The van der Waals surface area contributed by atoms with Gasteiger partial charge in [0.1, 0.15) is 5.69 Å². The van der Waals surface area contributed by atoms with Crippen molar-refractivity contribution in [1.82, 2.24) is 4.98 Å². The van der Waals surface area contributed by atoms with Crippen LogP contribution < -0.4 is 5.73 Å². The lowest BCUT2D eigenvalue weighted by Crippen LogP contribution is -2.06. The number of ether oxygens (including phenoxy) is 1. The van der Waals surface area contributed by atoms with Crippen LogP contribution >= 0.6 is 0 Å². The molecule has 0 amide bonds. The molecule has 0 saturated heterocycles. The summed E-state index contributed by atoms with van der Waals surface area (Å²) in [5.74, 6) is -0.746. The summed E-state index contributed by atoms with van der Waals surface area (Å²) in [7, 11) is 1.26. The highest BCUT2D eigenvalue weighted by atomic mass is 16.5. The van der Waals surface area contributed by atoms with Gasteiger partial charge in [0.15, 0.2) is 5.78 Å². The van der Waals surface area contributed by atoms with E-state index in [0.717, 1.165) is 0 Å². The van der Waals surface area contributed by atoms with Crippen LogP contribution in [0, 0.1) is 6.92 Å². The highest BCUT2D eigenvalue weighted by Crippen LogP contribution is 2.22. The molecule has 1 heterocycles. The Hall–Kier alpha value is -1.78. The molecular weight excluding hydrogens is 184 g/mol. The van der Waals surface area contributed by atoms with E-state index in [-0.39, 0.29) is 17.2 Å². The van der Waals surface area contributed by atoms with Crippen molar-refractivity contribution in [3.8, 4) is 0 Å². The third kappa shape index (κ3) is 1.48. The van der Waals surface area contributed by atoms with Crippen LogP contribution in [0.25, 0.3) is 0 Å². The molecule has 0 saturated carbocycles. The number of methoxy groups -OCH3 is 1. The molecule has 0 fully saturated rings. The largest absolute Gasteiger partial charge is 0.464 e. The zero-order chi connectivity index (χ0) is 10.9. The molecule has 14 heavy (non-hydrogen) atoms. The third-order valence-electron chi connectivity index (χ3n) is 1.97. The molecule has 5 heteroatoms. The fourth-order valence-electron chi connectivity index (χ4n) is 1.36. The summed E-state index contributed by atoms with van der Waals surface area (Å²) in [6, 6.07) is 0. The van der Waals surface area contributed by atoms with Gasteiger partial charge >= 0.3 is 5.97 Å². The van der Waals surface area contributed by atoms with Crippen molar-refractivity contribution in [2.75, 3.05) is 12.8 Å². The Morgan fingerprint density at radius 3 is 2.36 bits per heavy atom. The van der Waals surface area contributed by atoms with Crippen LogP contribution in [0.4, 0.5) is 5.69 Å². The van der Waals surface area contributed by atoms with Gasteiger partial charge in [-0.2, -0.15) is 0 Å². The van der Waals surface area contributed by atoms with Gasteiger partial charge in [-0.15, -0.1) is 0 Å². The Morgan fingerprint density at radius 1 is 1.43 bits per heavy atom. The number of nitrogens with one attached hydrogen (secondary N) is 1. The Kier molecular flexibility index (Phi) is 2.60. The standard InChI is InChI=1S/C9H12N2O3/c1-4-6(5(2)12)7(10)8(11-4)9(13)14-3/h11H,10H2,1-3H3. The number of nitrogen functional groups attached to an aromatic ring is 1. The van der Waals surface area contributed by atoms with E-state index in [4.69, 9.17) is 5.73 Å². The fourth-order valence-corrected chi connectivity index (χ4v) is 1.36. The van der Waals surface area contributed by atoms with Gasteiger partial charge in [-0.1, -0.05) is 0 Å². The summed E-state index contributed by atoms with van der Waals surface area (Å²) in [6.07, 6.45) is 0. The molecule has 0 radical (unpaired) electrons. The van der Waals surface area contributed by atoms with Gasteiger partial charge in [0.25, 0.3) is 0 Å². The number of aryl methyl sites for hydroxylation is 1. The second-order valence-electron chi connectivity index (χ2n) is 2.96. The first kappa shape index (κ1) is 10.3. The van der Waals surface area contributed by atoms with Gasteiger partial charge in [0.2, 0.25) is 0 Å². The molecule has 3 N–H and O–H groups in total. The molecule has 1 aromatic rings. The molecule has 1 aromatic heterocycles. The van der Waals surface area contributed by atoms with E-state index in [1.165, 1.54) is 14.0 Å². The number of hydrogen-bond acceptors (Lipinski definition) is 4. The van der Waals surface area contributed by atoms with Gasteiger partial charge in [-0.25, -0.2) is 4.79 Å². The maximum absolute atomic E-state index is 11.2. The van der Waals surface area contributed by atoms with E-state index in [9.17, 15) is 9.59 Å². The summed E-state index contributed by atoms with van der Waals surface area (Å²) in [5.41, 5.74) is 6.85. The molecule has 76 valence electrons. The zero-order valence-corrected chi connectivity index (χ0v) is 8.30. The van der Waals surface area contributed by atoms with Gasteiger partial charge in [-0.3, -0.25) is 4.79 Å². The lowest BCUT2D eigenvalue weighted by molar-refractivity contribution is 0.0596. The van der Waals surface area contributed by atoms with Crippen molar-refractivity contribution in [2.24, 2.45) is 0 Å². The van der Waals surface area contributed by atoms with Crippen LogP contribution in [0.3, 0.4) is 0 Å². The molecule has 0 aliphatic rings. The Balaban J connectivity index is 3.30. The second-order valence-corrected chi connectivity index (χ2v) is 2.96. The Morgan fingerprint density at radius 2 is 2.00 bits per heavy atom. The molecule has 0 aliphatic carbocycles. The van der Waals surface area contributed by atoms with E-state index < -0.39 is 5.97 Å². The first-order valence-corrected chi connectivity index (χ1v) is 4.06. The van der Waals surface area contributed by atoms with E-state index in [1.54, 1.807) is 6.92 Å². The summed E-state index contributed by atoms with van der Waals surface area (Å²) in [5, 5.41) is 0. The number of anilines is 1. The average Bonchev–Trinajstić information content (AvgIpc) is 2.40. The highest BCUT2D eigenvalue weighted by Gasteiger charge is 2.20. The molecule has 0 aliphatic heterocycles. The topological polar surface area (TPSA) is 85.2 Å². The lowest BCUT2D eigenvalue weighted by atomic mass is 10.1. The van der Waals surface area contributed by atoms with Gasteiger partial charge < -0.3 is 15.5 Å². The normalized spacial score (nSPS) is 9.93. The SMILES string of the molecule is COC(=O)c1[nH]c(C)c(C(C)=O)c1N. The second kappa shape index (κ2) is 3.53. The maximum Gasteiger partial charge on any atom is 0.356 e. The van der Waals surface area contributed by atoms with E-state index in [0.29, 0.717) is 11.3 Å². The summed E-state index contributed by atoms with van der Waals surface area (Å²) in [6.45, 7) is 3.08. The minimum atomic E-state index is -0.571. The first-order chi connectivity index (χ1) is 6.49. The summed E-state index contributed by atoms with van der Waals surface area (Å²) >= 11 is 0. The van der Waals surface area contributed by atoms with Crippen molar-refractivity contribution in [3.05, 3.63) is 17.0 Å². The number of esters is 1. The maximum atomic E-state index is 11.2.